The highest BCUT2D eigenvalue weighted by atomic mass is 16.1. The van der Waals surface area contributed by atoms with Crippen LogP contribution < -0.4 is 10.6 Å². The number of fused-ring (bicyclic) bond motifs is 1. The number of carbonyl (C=O) groups is 1. The molecule has 3 aromatic carbocycles. The standard InChI is InChI=1S/C25H26N2O/c1-17-9-10-19(20-11-14-26-16-20)15-22(17)24(28)27-25(12-13-25)23-8-4-6-18-5-2-3-7-21(18)23/h2-10,15,20,26H,11-14,16H2,1H3,(H,27,28). The van der Waals surface area contributed by atoms with Crippen molar-refractivity contribution in [1.29, 1.82) is 0 Å². The zero-order valence-corrected chi connectivity index (χ0v) is 16.3. The lowest BCUT2D eigenvalue weighted by molar-refractivity contribution is 0.0930. The first-order chi connectivity index (χ1) is 13.7. The Labute approximate surface area is 166 Å². The first kappa shape index (κ1) is 17.4. The molecule has 0 aromatic heterocycles. The Bertz CT molecular complexity index is 1040. The highest BCUT2D eigenvalue weighted by molar-refractivity contribution is 5.97. The van der Waals surface area contributed by atoms with E-state index in [-0.39, 0.29) is 11.4 Å². The van der Waals surface area contributed by atoms with Crippen LogP contribution >= 0.6 is 0 Å². The maximum Gasteiger partial charge on any atom is 0.252 e. The van der Waals surface area contributed by atoms with Crippen LogP contribution in [-0.4, -0.2) is 19.0 Å². The Morgan fingerprint density at radius 1 is 1.07 bits per heavy atom. The molecule has 2 aliphatic rings. The molecule has 1 saturated carbocycles. The predicted octanol–water partition coefficient (Wildman–Crippen LogP) is 4.64. The number of amides is 1. The van der Waals surface area contributed by atoms with Crippen LogP contribution in [0.2, 0.25) is 0 Å². The molecular formula is C25H26N2O. The fourth-order valence-electron chi connectivity index (χ4n) is 4.59. The van der Waals surface area contributed by atoms with Gasteiger partial charge in [0.15, 0.2) is 0 Å². The topological polar surface area (TPSA) is 41.1 Å². The van der Waals surface area contributed by atoms with Gasteiger partial charge in [-0.1, -0.05) is 54.6 Å². The van der Waals surface area contributed by atoms with Crippen LogP contribution in [0.15, 0.2) is 60.7 Å². The third kappa shape index (κ3) is 3.00. The Morgan fingerprint density at radius 2 is 1.89 bits per heavy atom. The number of hydrogen-bond donors (Lipinski definition) is 2. The summed E-state index contributed by atoms with van der Waals surface area (Å²) >= 11 is 0. The van der Waals surface area contributed by atoms with Crippen molar-refractivity contribution in [3.05, 3.63) is 82.9 Å². The lowest BCUT2D eigenvalue weighted by Crippen LogP contribution is -2.35. The molecule has 28 heavy (non-hydrogen) atoms. The predicted molar refractivity (Wildman–Crippen MR) is 114 cm³/mol. The van der Waals surface area contributed by atoms with Gasteiger partial charge in [0, 0.05) is 12.1 Å². The van der Waals surface area contributed by atoms with Crippen LogP contribution in [0.3, 0.4) is 0 Å². The molecule has 3 aromatic rings. The minimum absolute atomic E-state index is 0.0516. The molecule has 1 atom stereocenters. The second-order valence-corrected chi connectivity index (χ2v) is 8.33. The summed E-state index contributed by atoms with van der Waals surface area (Å²) in [6.45, 7) is 4.09. The Hall–Kier alpha value is -2.65. The smallest absolute Gasteiger partial charge is 0.252 e. The van der Waals surface area contributed by atoms with Gasteiger partial charge in [-0.25, -0.2) is 0 Å². The Morgan fingerprint density at radius 3 is 2.68 bits per heavy atom. The summed E-state index contributed by atoms with van der Waals surface area (Å²) in [5.74, 6) is 0.566. The molecule has 1 unspecified atom stereocenters. The van der Waals surface area contributed by atoms with E-state index >= 15 is 0 Å². The molecule has 1 heterocycles. The van der Waals surface area contributed by atoms with Gasteiger partial charge in [0.05, 0.1) is 5.54 Å². The summed E-state index contributed by atoms with van der Waals surface area (Å²) < 4.78 is 0. The van der Waals surface area contributed by atoms with Crippen LogP contribution in [0.1, 0.15) is 52.2 Å². The van der Waals surface area contributed by atoms with Crippen LogP contribution in [0.25, 0.3) is 10.8 Å². The van der Waals surface area contributed by atoms with Gasteiger partial charge >= 0.3 is 0 Å². The molecule has 0 bridgehead atoms. The van der Waals surface area contributed by atoms with Crippen LogP contribution in [0.5, 0.6) is 0 Å². The van der Waals surface area contributed by atoms with Gasteiger partial charge in [0.25, 0.3) is 5.91 Å². The number of rotatable bonds is 4. The second-order valence-electron chi connectivity index (χ2n) is 8.33. The minimum Gasteiger partial charge on any atom is -0.342 e. The fraction of sp³-hybridized carbons (Fsp3) is 0.320. The first-order valence-electron chi connectivity index (χ1n) is 10.3. The average Bonchev–Trinajstić information content (AvgIpc) is 3.28. The van der Waals surface area contributed by atoms with E-state index in [1.165, 1.54) is 21.9 Å². The summed E-state index contributed by atoms with van der Waals surface area (Å²) in [4.78, 5) is 13.3. The minimum atomic E-state index is -0.227. The van der Waals surface area contributed by atoms with Crippen molar-refractivity contribution in [3.8, 4) is 0 Å². The van der Waals surface area contributed by atoms with E-state index in [1.54, 1.807) is 0 Å². The maximum absolute atomic E-state index is 13.3. The zero-order valence-electron chi connectivity index (χ0n) is 16.3. The fourth-order valence-corrected chi connectivity index (χ4v) is 4.59. The number of nitrogens with one attached hydrogen (secondary N) is 2. The summed E-state index contributed by atoms with van der Waals surface area (Å²) in [7, 11) is 0. The number of benzene rings is 3. The molecule has 3 nitrogen and oxygen atoms in total. The largest absolute Gasteiger partial charge is 0.342 e. The third-order valence-electron chi connectivity index (χ3n) is 6.45. The van der Waals surface area contributed by atoms with Crippen molar-refractivity contribution >= 4 is 16.7 Å². The van der Waals surface area contributed by atoms with Gasteiger partial charge in [0.2, 0.25) is 0 Å². The summed E-state index contributed by atoms with van der Waals surface area (Å²) in [6, 6.07) is 21.2. The zero-order chi connectivity index (χ0) is 19.1. The van der Waals surface area contributed by atoms with Crippen molar-refractivity contribution in [2.24, 2.45) is 0 Å². The average molecular weight is 370 g/mol. The van der Waals surface area contributed by atoms with E-state index in [4.69, 9.17) is 0 Å². The van der Waals surface area contributed by atoms with Gasteiger partial charge in [-0.15, -0.1) is 0 Å². The molecule has 142 valence electrons. The van der Waals surface area contributed by atoms with Gasteiger partial charge < -0.3 is 10.6 Å². The Balaban J connectivity index is 1.46. The number of aryl methyl sites for hydroxylation is 1. The van der Waals surface area contributed by atoms with Crippen LogP contribution in [0, 0.1) is 6.92 Å². The number of hydrogen-bond acceptors (Lipinski definition) is 2. The maximum atomic E-state index is 13.3. The van der Waals surface area contributed by atoms with E-state index in [2.05, 4.69) is 71.3 Å². The molecule has 1 saturated heterocycles. The highest BCUT2D eigenvalue weighted by Crippen LogP contribution is 2.48. The normalized spacial score (nSPS) is 20.2. The second kappa shape index (κ2) is 6.75. The van der Waals surface area contributed by atoms with Crippen molar-refractivity contribution in [2.45, 2.75) is 37.6 Å². The third-order valence-corrected chi connectivity index (χ3v) is 6.45. The summed E-state index contributed by atoms with van der Waals surface area (Å²) in [6.07, 6.45) is 3.14. The van der Waals surface area contributed by atoms with Gasteiger partial charge in [-0.3, -0.25) is 4.79 Å². The number of carbonyl (C=O) groups excluding carboxylic acids is 1. The van der Waals surface area contributed by atoms with Gasteiger partial charge in [0.1, 0.15) is 0 Å². The van der Waals surface area contributed by atoms with Crippen LogP contribution in [0.4, 0.5) is 0 Å². The van der Waals surface area contributed by atoms with Crippen molar-refractivity contribution < 1.29 is 4.79 Å². The SMILES string of the molecule is Cc1ccc(C2CCNC2)cc1C(=O)NC1(c2cccc3ccccc23)CC1. The van der Waals surface area contributed by atoms with E-state index < -0.39 is 0 Å². The Kier molecular flexibility index (Phi) is 4.21. The molecule has 5 rings (SSSR count). The summed E-state index contributed by atoms with van der Waals surface area (Å²) in [5.41, 5.74) is 4.15. The molecule has 2 fully saturated rings. The quantitative estimate of drug-likeness (QED) is 0.702. The van der Waals surface area contributed by atoms with Crippen molar-refractivity contribution in [3.63, 3.8) is 0 Å². The molecule has 0 radical (unpaired) electrons. The molecule has 2 N–H and O–H groups in total. The monoisotopic (exact) mass is 370 g/mol. The van der Waals surface area contributed by atoms with Crippen molar-refractivity contribution in [2.75, 3.05) is 13.1 Å². The van der Waals surface area contributed by atoms with Crippen LogP contribution in [-0.2, 0) is 5.54 Å². The molecule has 1 amide bonds. The van der Waals surface area contributed by atoms with Crippen molar-refractivity contribution in [1.82, 2.24) is 10.6 Å². The van der Waals surface area contributed by atoms with Gasteiger partial charge in [-0.2, -0.15) is 0 Å². The molecular weight excluding hydrogens is 344 g/mol. The molecule has 3 heteroatoms. The van der Waals surface area contributed by atoms with E-state index in [1.807, 2.05) is 6.92 Å². The van der Waals surface area contributed by atoms with E-state index in [0.29, 0.717) is 5.92 Å². The lowest BCUT2D eigenvalue weighted by atomic mass is 9.93. The van der Waals surface area contributed by atoms with E-state index in [0.717, 1.165) is 43.5 Å². The molecule has 1 aliphatic carbocycles. The first-order valence-corrected chi connectivity index (χ1v) is 10.3. The van der Waals surface area contributed by atoms with Gasteiger partial charge in [-0.05, 0) is 72.2 Å². The highest BCUT2D eigenvalue weighted by Gasteiger charge is 2.46. The lowest BCUT2D eigenvalue weighted by Gasteiger charge is -2.21. The molecule has 1 aliphatic heterocycles. The molecule has 0 spiro atoms. The summed E-state index contributed by atoms with van der Waals surface area (Å²) in [5, 5.41) is 9.29. The van der Waals surface area contributed by atoms with E-state index in [9.17, 15) is 4.79 Å².